The Morgan fingerprint density at radius 3 is 2.42 bits per heavy atom. The van der Waals surface area contributed by atoms with Crippen molar-refractivity contribution in [1.29, 1.82) is 10.5 Å². The summed E-state index contributed by atoms with van der Waals surface area (Å²) < 4.78 is 46.3. The third-order valence-electron chi connectivity index (χ3n) is 4.83. The molecule has 0 atom stereocenters. The molecule has 0 unspecified atom stereocenters. The van der Waals surface area contributed by atoms with Crippen molar-refractivity contribution >= 4 is 22.7 Å². The number of rotatable bonds is 3. The van der Waals surface area contributed by atoms with Gasteiger partial charge in [-0.05, 0) is 31.2 Å². The lowest BCUT2D eigenvalue weighted by Gasteiger charge is -2.13. The molecule has 1 aromatic carbocycles. The Balaban J connectivity index is 1.90. The Hall–Kier alpha value is -4.70. The van der Waals surface area contributed by atoms with Gasteiger partial charge in [-0.25, -0.2) is 9.97 Å². The molecular weight excluding hydrogens is 435 g/mol. The molecule has 162 valence electrons. The molecule has 0 spiro atoms. The van der Waals surface area contributed by atoms with Gasteiger partial charge >= 0.3 is 6.18 Å². The van der Waals surface area contributed by atoms with E-state index in [1.807, 2.05) is 0 Å². The lowest BCUT2D eigenvalue weighted by atomic mass is 9.97. The Bertz CT molecular complexity index is 1480. The van der Waals surface area contributed by atoms with E-state index in [2.05, 4.69) is 15.3 Å². The fraction of sp³-hybridized carbons (Fsp3) is 0.0870. The molecule has 0 saturated heterocycles. The maximum absolute atomic E-state index is 13.5. The minimum absolute atomic E-state index is 0.107. The van der Waals surface area contributed by atoms with Crippen LogP contribution in [-0.2, 0) is 6.18 Å². The lowest BCUT2D eigenvalue weighted by Crippen LogP contribution is -2.14. The first kappa shape index (κ1) is 21.5. The molecule has 10 heteroatoms. The van der Waals surface area contributed by atoms with Crippen molar-refractivity contribution in [3.05, 3.63) is 76.7 Å². The number of nitrogens with one attached hydrogen (secondary N) is 1. The summed E-state index contributed by atoms with van der Waals surface area (Å²) in [5.74, 6) is -0.500. The molecule has 7 nitrogen and oxygen atoms in total. The van der Waals surface area contributed by atoms with Gasteiger partial charge in [0.1, 0.15) is 29.3 Å². The molecule has 4 rings (SSSR count). The zero-order valence-electron chi connectivity index (χ0n) is 16.9. The molecule has 33 heavy (non-hydrogen) atoms. The minimum Gasteiger partial charge on any atom is -0.456 e. The average molecular weight is 447 g/mol. The SMILES string of the molecule is Cc1nc(C(F)(F)F)c(C#N)c(-c2cc3c(NC(=O)c4ccccc4)nccc3o2)c1C#N. The largest absolute Gasteiger partial charge is 0.456 e. The molecule has 4 aromatic rings. The van der Waals surface area contributed by atoms with Gasteiger partial charge in [0.05, 0.1) is 27.8 Å². The zero-order chi connectivity index (χ0) is 23.8. The van der Waals surface area contributed by atoms with Crippen molar-refractivity contribution in [2.75, 3.05) is 5.32 Å². The molecule has 0 saturated carbocycles. The summed E-state index contributed by atoms with van der Waals surface area (Å²) in [5, 5.41) is 22.0. The molecule has 0 aliphatic rings. The quantitative estimate of drug-likeness (QED) is 0.461. The van der Waals surface area contributed by atoms with Crippen molar-refractivity contribution < 1.29 is 22.4 Å². The molecule has 1 N–H and O–H groups in total. The van der Waals surface area contributed by atoms with Crippen LogP contribution in [0.4, 0.5) is 19.0 Å². The number of halogens is 3. The van der Waals surface area contributed by atoms with E-state index in [1.165, 1.54) is 31.3 Å². The zero-order valence-corrected chi connectivity index (χ0v) is 16.9. The standard InChI is InChI=1S/C23H12F3N5O2/c1-12-15(10-27)19(16(11-28)20(30-12)23(24,25)26)18-9-14-17(33-18)7-8-29-21(14)31-22(32)13-5-3-2-4-6-13/h2-9H,1H3,(H,29,31,32). The second-order valence-corrected chi connectivity index (χ2v) is 6.89. The number of benzene rings is 1. The first-order chi connectivity index (χ1) is 15.7. The van der Waals surface area contributed by atoms with Crippen LogP contribution >= 0.6 is 0 Å². The predicted molar refractivity (Wildman–Crippen MR) is 111 cm³/mol. The van der Waals surface area contributed by atoms with E-state index in [0.717, 1.165) is 0 Å². The van der Waals surface area contributed by atoms with Crippen molar-refractivity contribution in [1.82, 2.24) is 9.97 Å². The molecule has 3 aromatic heterocycles. The van der Waals surface area contributed by atoms with Crippen LogP contribution in [0.5, 0.6) is 0 Å². The second kappa shape index (κ2) is 8.09. The van der Waals surface area contributed by atoms with E-state index in [-0.39, 0.29) is 39.4 Å². The Kier molecular flexibility index (Phi) is 5.28. The summed E-state index contributed by atoms with van der Waals surface area (Å²) >= 11 is 0. The summed E-state index contributed by atoms with van der Waals surface area (Å²) in [6.45, 7) is 1.24. The average Bonchev–Trinajstić information content (AvgIpc) is 3.23. The Morgan fingerprint density at radius 1 is 1.09 bits per heavy atom. The van der Waals surface area contributed by atoms with E-state index in [1.54, 1.807) is 36.4 Å². The molecule has 0 aliphatic carbocycles. The number of furan rings is 1. The van der Waals surface area contributed by atoms with E-state index in [0.29, 0.717) is 5.56 Å². The van der Waals surface area contributed by atoms with Crippen LogP contribution in [0.25, 0.3) is 22.3 Å². The number of hydrogen-bond donors (Lipinski definition) is 1. The van der Waals surface area contributed by atoms with E-state index < -0.39 is 23.3 Å². The normalized spacial score (nSPS) is 11.1. The molecule has 0 radical (unpaired) electrons. The van der Waals surface area contributed by atoms with Crippen LogP contribution in [0.1, 0.15) is 32.9 Å². The molecular formula is C23H12F3N5O2. The van der Waals surface area contributed by atoms with Crippen molar-refractivity contribution in [3.63, 3.8) is 0 Å². The van der Waals surface area contributed by atoms with E-state index >= 15 is 0 Å². The third-order valence-corrected chi connectivity index (χ3v) is 4.83. The molecule has 0 bridgehead atoms. The highest BCUT2D eigenvalue weighted by molar-refractivity contribution is 6.08. The monoisotopic (exact) mass is 447 g/mol. The lowest BCUT2D eigenvalue weighted by molar-refractivity contribution is -0.141. The van der Waals surface area contributed by atoms with Crippen LogP contribution in [0, 0.1) is 29.6 Å². The highest BCUT2D eigenvalue weighted by Crippen LogP contribution is 2.40. The second-order valence-electron chi connectivity index (χ2n) is 6.89. The minimum atomic E-state index is -4.92. The summed E-state index contributed by atoms with van der Waals surface area (Å²) in [4.78, 5) is 20.1. The fourth-order valence-corrected chi connectivity index (χ4v) is 3.36. The Labute approximate surface area is 184 Å². The number of carbonyl (C=O) groups excluding carboxylic acids is 1. The van der Waals surface area contributed by atoms with Crippen LogP contribution in [0.15, 0.2) is 53.1 Å². The van der Waals surface area contributed by atoms with Crippen molar-refractivity contribution in [3.8, 4) is 23.5 Å². The predicted octanol–water partition coefficient (Wildman–Crippen LogP) is 5.21. The van der Waals surface area contributed by atoms with Gasteiger partial charge in [-0.2, -0.15) is 23.7 Å². The summed E-state index contributed by atoms with van der Waals surface area (Å²) in [5.41, 5.74) is -2.41. The number of fused-ring (bicyclic) bond motifs is 1. The number of anilines is 1. The summed E-state index contributed by atoms with van der Waals surface area (Å²) in [6, 6.07) is 14.4. The van der Waals surface area contributed by atoms with Crippen molar-refractivity contribution in [2.24, 2.45) is 0 Å². The number of nitriles is 2. The first-order valence-electron chi connectivity index (χ1n) is 9.42. The highest BCUT2D eigenvalue weighted by atomic mass is 19.4. The van der Waals surface area contributed by atoms with Gasteiger partial charge in [0.15, 0.2) is 5.69 Å². The van der Waals surface area contributed by atoms with Gasteiger partial charge in [-0.3, -0.25) is 4.79 Å². The van der Waals surface area contributed by atoms with E-state index in [9.17, 15) is 28.5 Å². The topological polar surface area (TPSA) is 116 Å². The van der Waals surface area contributed by atoms with Gasteiger partial charge in [0.25, 0.3) is 5.91 Å². The van der Waals surface area contributed by atoms with Crippen LogP contribution in [0.3, 0.4) is 0 Å². The summed E-state index contributed by atoms with van der Waals surface area (Å²) in [7, 11) is 0. The number of aryl methyl sites for hydroxylation is 1. The number of nitrogens with zero attached hydrogens (tertiary/aromatic N) is 4. The smallest absolute Gasteiger partial charge is 0.434 e. The number of alkyl halides is 3. The fourth-order valence-electron chi connectivity index (χ4n) is 3.36. The molecule has 0 aliphatic heterocycles. The number of amides is 1. The number of aromatic nitrogens is 2. The van der Waals surface area contributed by atoms with Gasteiger partial charge in [-0.1, -0.05) is 18.2 Å². The maximum atomic E-state index is 13.5. The van der Waals surface area contributed by atoms with Crippen LogP contribution < -0.4 is 5.32 Å². The Morgan fingerprint density at radius 2 is 1.79 bits per heavy atom. The number of hydrogen-bond acceptors (Lipinski definition) is 6. The van der Waals surface area contributed by atoms with Crippen molar-refractivity contribution in [2.45, 2.75) is 13.1 Å². The first-order valence-corrected chi connectivity index (χ1v) is 9.42. The maximum Gasteiger partial charge on any atom is 0.434 e. The third kappa shape index (κ3) is 3.86. The number of pyridine rings is 2. The van der Waals surface area contributed by atoms with Gasteiger partial charge in [-0.15, -0.1) is 0 Å². The highest BCUT2D eigenvalue weighted by Gasteiger charge is 2.39. The van der Waals surface area contributed by atoms with Crippen LogP contribution in [-0.4, -0.2) is 15.9 Å². The molecule has 3 heterocycles. The molecule has 0 fully saturated rings. The van der Waals surface area contributed by atoms with Gasteiger partial charge < -0.3 is 9.73 Å². The van der Waals surface area contributed by atoms with Gasteiger partial charge in [0.2, 0.25) is 0 Å². The van der Waals surface area contributed by atoms with Gasteiger partial charge in [0, 0.05) is 11.8 Å². The number of carbonyl (C=O) groups is 1. The van der Waals surface area contributed by atoms with Crippen LogP contribution in [0.2, 0.25) is 0 Å². The summed E-state index contributed by atoms with van der Waals surface area (Å²) in [6.07, 6.45) is -3.56. The van der Waals surface area contributed by atoms with E-state index in [4.69, 9.17) is 4.42 Å². The molecule has 1 amide bonds.